The summed E-state index contributed by atoms with van der Waals surface area (Å²) in [6.07, 6.45) is 4.52. The number of ether oxygens (including phenoxy) is 1. The molecule has 2 heterocycles. The summed E-state index contributed by atoms with van der Waals surface area (Å²) in [4.78, 5) is 10.9. The molecule has 1 saturated heterocycles. The number of hydrogen-bond acceptors (Lipinski definition) is 6. The van der Waals surface area contributed by atoms with Crippen LogP contribution in [0.4, 0.5) is 11.6 Å². The first-order valence-electron chi connectivity index (χ1n) is 8.87. The van der Waals surface area contributed by atoms with Crippen molar-refractivity contribution >= 4 is 11.6 Å². The molecular formula is C19H24N4O2. The van der Waals surface area contributed by atoms with E-state index in [0.29, 0.717) is 13.0 Å². The third kappa shape index (κ3) is 3.69. The zero-order valence-corrected chi connectivity index (χ0v) is 14.4. The molecule has 1 aliphatic carbocycles. The van der Waals surface area contributed by atoms with Crippen LogP contribution in [-0.2, 0) is 0 Å². The van der Waals surface area contributed by atoms with Crippen LogP contribution < -0.4 is 15.0 Å². The predicted molar refractivity (Wildman–Crippen MR) is 97.0 cm³/mol. The third-order valence-corrected chi connectivity index (χ3v) is 4.97. The average Bonchev–Trinajstić information content (AvgIpc) is 3.40. The van der Waals surface area contributed by atoms with Gasteiger partial charge < -0.3 is 20.1 Å². The molecule has 25 heavy (non-hydrogen) atoms. The number of benzene rings is 1. The molecule has 2 N–H and O–H groups in total. The lowest BCUT2D eigenvalue weighted by atomic mass is 10.0. The van der Waals surface area contributed by atoms with E-state index in [1.54, 1.807) is 13.4 Å². The molecule has 0 bridgehead atoms. The smallest absolute Gasteiger partial charge is 0.134 e. The van der Waals surface area contributed by atoms with E-state index >= 15 is 0 Å². The maximum absolute atomic E-state index is 10.2. The third-order valence-electron chi connectivity index (χ3n) is 4.97. The number of methoxy groups -OCH3 is 1. The Labute approximate surface area is 147 Å². The van der Waals surface area contributed by atoms with E-state index < -0.39 is 0 Å². The fourth-order valence-electron chi connectivity index (χ4n) is 3.40. The number of aromatic nitrogens is 2. The van der Waals surface area contributed by atoms with Crippen molar-refractivity contribution in [3.8, 4) is 5.75 Å². The first-order chi connectivity index (χ1) is 12.2. The predicted octanol–water partition coefficient (Wildman–Crippen LogP) is 2.62. The van der Waals surface area contributed by atoms with Gasteiger partial charge >= 0.3 is 0 Å². The van der Waals surface area contributed by atoms with Crippen LogP contribution in [0.25, 0.3) is 0 Å². The number of nitrogens with one attached hydrogen (secondary N) is 1. The molecule has 4 rings (SSSR count). The van der Waals surface area contributed by atoms with Crippen LogP contribution >= 0.6 is 0 Å². The van der Waals surface area contributed by atoms with Gasteiger partial charge in [0.25, 0.3) is 0 Å². The molecule has 0 radical (unpaired) electrons. The van der Waals surface area contributed by atoms with Crippen molar-refractivity contribution in [1.82, 2.24) is 9.97 Å². The lowest BCUT2D eigenvalue weighted by molar-refractivity contribution is 0.194. The normalized spacial score (nSPS) is 22.9. The molecule has 6 nitrogen and oxygen atoms in total. The van der Waals surface area contributed by atoms with Crippen molar-refractivity contribution < 1.29 is 9.84 Å². The molecule has 2 aromatic rings. The maximum Gasteiger partial charge on any atom is 0.134 e. The standard InChI is InChI=1S/C19H24N4O2/c1-25-16-4-2-3-14(7-16)17-8-15(24)11-23(17)19-9-18(21-12-22-19)20-10-13-5-6-13/h2-4,7,9,12-13,15,17,24H,5-6,8,10-11H2,1H3,(H,20,21,22). The minimum atomic E-state index is -0.367. The fourth-order valence-corrected chi connectivity index (χ4v) is 3.40. The van der Waals surface area contributed by atoms with Gasteiger partial charge in [-0.15, -0.1) is 0 Å². The molecule has 1 aromatic heterocycles. The van der Waals surface area contributed by atoms with Crippen LogP contribution in [0.1, 0.15) is 30.9 Å². The van der Waals surface area contributed by atoms with E-state index in [2.05, 4.69) is 26.3 Å². The molecule has 132 valence electrons. The number of hydrogen-bond donors (Lipinski definition) is 2. The van der Waals surface area contributed by atoms with E-state index in [0.717, 1.165) is 35.4 Å². The summed E-state index contributed by atoms with van der Waals surface area (Å²) in [6.45, 7) is 1.54. The van der Waals surface area contributed by atoms with Gasteiger partial charge in [0.2, 0.25) is 0 Å². The summed E-state index contributed by atoms with van der Waals surface area (Å²) in [7, 11) is 1.67. The Morgan fingerprint density at radius 3 is 2.96 bits per heavy atom. The van der Waals surface area contributed by atoms with Gasteiger partial charge in [-0.1, -0.05) is 12.1 Å². The highest BCUT2D eigenvalue weighted by molar-refractivity contribution is 5.52. The summed E-state index contributed by atoms with van der Waals surface area (Å²) >= 11 is 0. The van der Waals surface area contributed by atoms with Gasteiger partial charge in [0.1, 0.15) is 23.7 Å². The number of aliphatic hydroxyl groups is 1. The van der Waals surface area contributed by atoms with Gasteiger partial charge in [0, 0.05) is 19.2 Å². The summed E-state index contributed by atoms with van der Waals surface area (Å²) in [5.74, 6) is 3.31. The first kappa shape index (κ1) is 16.1. The SMILES string of the molecule is COc1cccc(C2CC(O)CN2c2cc(NCC3CC3)ncn2)c1. The van der Waals surface area contributed by atoms with Crippen molar-refractivity contribution in [2.75, 3.05) is 30.4 Å². The second kappa shape index (κ2) is 6.88. The molecular weight excluding hydrogens is 316 g/mol. The van der Waals surface area contributed by atoms with E-state index in [1.807, 2.05) is 24.3 Å². The van der Waals surface area contributed by atoms with E-state index in [1.165, 1.54) is 12.8 Å². The van der Waals surface area contributed by atoms with Crippen molar-refractivity contribution in [1.29, 1.82) is 0 Å². The fraction of sp³-hybridized carbons (Fsp3) is 0.474. The largest absolute Gasteiger partial charge is 0.497 e. The van der Waals surface area contributed by atoms with Crippen LogP contribution in [-0.4, -0.2) is 41.4 Å². The highest BCUT2D eigenvalue weighted by atomic mass is 16.5. The Bertz CT molecular complexity index is 735. The lowest BCUT2D eigenvalue weighted by Gasteiger charge is -2.26. The molecule has 1 aliphatic heterocycles. The number of β-amino-alcohol motifs (C(OH)–C–C–N with tert-alkyl or cyclic N) is 1. The van der Waals surface area contributed by atoms with Crippen molar-refractivity contribution in [2.24, 2.45) is 5.92 Å². The van der Waals surface area contributed by atoms with Gasteiger partial charge in [-0.25, -0.2) is 9.97 Å². The Kier molecular flexibility index (Phi) is 4.44. The highest BCUT2D eigenvalue weighted by Gasteiger charge is 2.33. The van der Waals surface area contributed by atoms with Gasteiger partial charge in [-0.05, 0) is 42.9 Å². The van der Waals surface area contributed by atoms with Crippen LogP contribution in [0.2, 0.25) is 0 Å². The Balaban J connectivity index is 1.57. The zero-order valence-electron chi connectivity index (χ0n) is 14.4. The number of rotatable bonds is 6. The number of nitrogens with zero attached hydrogens (tertiary/aromatic N) is 3. The van der Waals surface area contributed by atoms with Gasteiger partial charge in [0.15, 0.2) is 0 Å². The molecule has 0 spiro atoms. The molecule has 1 saturated carbocycles. The van der Waals surface area contributed by atoms with Crippen LogP contribution in [0, 0.1) is 5.92 Å². The topological polar surface area (TPSA) is 70.5 Å². The Hall–Kier alpha value is -2.34. The van der Waals surface area contributed by atoms with E-state index in [9.17, 15) is 5.11 Å². The van der Waals surface area contributed by atoms with Gasteiger partial charge in [0.05, 0.1) is 19.3 Å². The Morgan fingerprint density at radius 1 is 1.28 bits per heavy atom. The maximum atomic E-state index is 10.2. The van der Waals surface area contributed by atoms with Crippen LogP contribution in [0.3, 0.4) is 0 Å². The summed E-state index contributed by atoms with van der Waals surface area (Å²) < 4.78 is 5.34. The van der Waals surface area contributed by atoms with Crippen molar-refractivity contribution in [3.05, 3.63) is 42.2 Å². The Morgan fingerprint density at radius 2 is 2.16 bits per heavy atom. The molecule has 1 aromatic carbocycles. The molecule has 2 aliphatic rings. The summed E-state index contributed by atoms with van der Waals surface area (Å²) in [5, 5.41) is 13.6. The molecule has 2 unspecified atom stereocenters. The lowest BCUT2D eigenvalue weighted by Crippen LogP contribution is -2.25. The van der Waals surface area contributed by atoms with Crippen molar-refractivity contribution in [2.45, 2.75) is 31.4 Å². The average molecular weight is 340 g/mol. The van der Waals surface area contributed by atoms with Gasteiger partial charge in [-0.2, -0.15) is 0 Å². The van der Waals surface area contributed by atoms with E-state index in [-0.39, 0.29) is 12.1 Å². The zero-order chi connectivity index (χ0) is 17.2. The second-order valence-electron chi connectivity index (χ2n) is 6.92. The molecule has 0 amide bonds. The number of anilines is 2. The minimum absolute atomic E-state index is 0.0799. The second-order valence-corrected chi connectivity index (χ2v) is 6.92. The van der Waals surface area contributed by atoms with E-state index in [4.69, 9.17) is 4.74 Å². The monoisotopic (exact) mass is 340 g/mol. The van der Waals surface area contributed by atoms with Crippen LogP contribution in [0.15, 0.2) is 36.7 Å². The summed E-state index contributed by atoms with van der Waals surface area (Å²) in [6, 6.07) is 10.1. The van der Waals surface area contributed by atoms with Crippen LogP contribution in [0.5, 0.6) is 5.75 Å². The minimum Gasteiger partial charge on any atom is -0.497 e. The molecule has 2 atom stereocenters. The van der Waals surface area contributed by atoms with Crippen molar-refractivity contribution in [3.63, 3.8) is 0 Å². The number of aliphatic hydroxyl groups excluding tert-OH is 1. The molecule has 6 heteroatoms. The highest BCUT2D eigenvalue weighted by Crippen LogP contribution is 2.37. The summed E-state index contributed by atoms with van der Waals surface area (Å²) in [5.41, 5.74) is 1.13. The first-order valence-corrected chi connectivity index (χ1v) is 8.87. The quantitative estimate of drug-likeness (QED) is 0.842. The molecule has 2 fully saturated rings. The van der Waals surface area contributed by atoms with Gasteiger partial charge in [-0.3, -0.25) is 0 Å².